The molecule has 1 aromatic carbocycles. The quantitative estimate of drug-likeness (QED) is 0.0806. The van der Waals surface area contributed by atoms with Gasteiger partial charge in [-0.15, -0.1) is 0 Å². The summed E-state index contributed by atoms with van der Waals surface area (Å²) in [6.45, 7) is 7.39. The van der Waals surface area contributed by atoms with Crippen LogP contribution in [0, 0.1) is 11.8 Å². The van der Waals surface area contributed by atoms with E-state index in [2.05, 4.69) is 16.0 Å². The standard InChI is InChI=1S/C26H44N8O6/c1-15(2)20(24(37)34(6)29)32-23(36)21(16(3)4)33(5)26(39)40-14-17-9-11-18(12-10-17)31-22(35)19(27)8-7-13-30-25(28)38/h9-12,15-16,19-21H,7-8,13-14,27,29H2,1-6H3,(H,31,35)(H,32,36)(H3,28,30,38)/t19-,20-,21-/m0/s1. The second kappa shape index (κ2) is 16.3. The number of rotatable bonds is 14. The molecule has 0 saturated carbocycles. The normalized spacial score (nSPS) is 13.2. The van der Waals surface area contributed by atoms with E-state index in [1.807, 2.05) is 0 Å². The molecule has 0 aromatic heterocycles. The van der Waals surface area contributed by atoms with Crippen molar-refractivity contribution in [2.75, 3.05) is 26.0 Å². The van der Waals surface area contributed by atoms with Gasteiger partial charge in [-0.3, -0.25) is 24.3 Å². The molecule has 0 aliphatic heterocycles. The molecule has 0 aliphatic rings. The summed E-state index contributed by atoms with van der Waals surface area (Å²) in [6.07, 6.45) is 0.143. The zero-order chi connectivity index (χ0) is 30.6. The molecule has 1 aromatic rings. The molecule has 0 spiro atoms. The number of carbonyl (C=O) groups is 5. The van der Waals surface area contributed by atoms with Gasteiger partial charge in [-0.25, -0.2) is 15.4 Å². The lowest BCUT2D eigenvalue weighted by atomic mass is 9.99. The molecule has 0 unspecified atom stereocenters. The number of hydrogen-bond acceptors (Lipinski definition) is 8. The van der Waals surface area contributed by atoms with Crippen molar-refractivity contribution in [3.8, 4) is 0 Å². The zero-order valence-corrected chi connectivity index (χ0v) is 24.1. The first-order chi connectivity index (χ1) is 18.6. The van der Waals surface area contributed by atoms with Crippen molar-refractivity contribution in [3.05, 3.63) is 29.8 Å². The Morgan fingerprint density at radius 3 is 2.05 bits per heavy atom. The summed E-state index contributed by atoms with van der Waals surface area (Å²) in [5.74, 6) is 3.76. The van der Waals surface area contributed by atoms with Gasteiger partial charge >= 0.3 is 12.1 Å². The largest absolute Gasteiger partial charge is 0.445 e. The Labute approximate surface area is 235 Å². The third kappa shape index (κ3) is 11.1. The van der Waals surface area contributed by atoms with Gasteiger partial charge in [0, 0.05) is 26.3 Å². The van der Waals surface area contributed by atoms with Gasteiger partial charge in [0.2, 0.25) is 11.8 Å². The number of nitrogens with two attached hydrogens (primary N) is 3. The highest BCUT2D eigenvalue weighted by atomic mass is 16.6. The number of hydrogen-bond donors (Lipinski definition) is 6. The van der Waals surface area contributed by atoms with Crippen LogP contribution in [0.3, 0.4) is 0 Å². The maximum absolute atomic E-state index is 13.1. The Morgan fingerprint density at radius 1 is 0.950 bits per heavy atom. The van der Waals surface area contributed by atoms with E-state index in [-0.39, 0.29) is 24.3 Å². The first-order valence-electron chi connectivity index (χ1n) is 13.1. The second-order valence-corrected chi connectivity index (χ2v) is 10.3. The number of nitrogens with one attached hydrogen (secondary N) is 3. The average molecular weight is 565 g/mol. The van der Waals surface area contributed by atoms with Crippen molar-refractivity contribution in [3.63, 3.8) is 0 Å². The predicted molar refractivity (Wildman–Crippen MR) is 150 cm³/mol. The van der Waals surface area contributed by atoms with Crippen LogP contribution in [0.5, 0.6) is 0 Å². The van der Waals surface area contributed by atoms with Crippen molar-refractivity contribution >= 4 is 35.5 Å². The molecule has 14 heteroatoms. The number of ether oxygens (including phenoxy) is 1. The number of anilines is 1. The Kier molecular flexibility index (Phi) is 13.9. The maximum Gasteiger partial charge on any atom is 0.410 e. The summed E-state index contributed by atoms with van der Waals surface area (Å²) in [4.78, 5) is 62.4. The summed E-state index contributed by atoms with van der Waals surface area (Å²) in [5, 5.41) is 8.78. The minimum Gasteiger partial charge on any atom is -0.445 e. The predicted octanol–water partition coefficient (Wildman–Crippen LogP) is 0.467. The average Bonchev–Trinajstić information content (AvgIpc) is 2.87. The van der Waals surface area contributed by atoms with Crippen LogP contribution >= 0.6 is 0 Å². The van der Waals surface area contributed by atoms with Crippen LogP contribution in [0.15, 0.2) is 24.3 Å². The van der Waals surface area contributed by atoms with E-state index in [0.29, 0.717) is 30.6 Å². The fourth-order valence-electron chi connectivity index (χ4n) is 3.84. The topological polar surface area (TPSA) is 215 Å². The Morgan fingerprint density at radius 2 is 1.55 bits per heavy atom. The second-order valence-electron chi connectivity index (χ2n) is 10.3. The van der Waals surface area contributed by atoms with Crippen molar-refractivity contribution in [1.29, 1.82) is 0 Å². The minimum atomic E-state index is -0.891. The molecule has 14 nitrogen and oxygen atoms in total. The molecular formula is C26H44N8O6. The first-order valence-corrected chi connectivity index (χ1v) is 13.1. The monoisotopic (exact) mass is 564 g/mol. The van der Waals surface area contributed by atoms with E-state index in [0.717, 1.165) is 5.01 Å². The summed E-state index contributed by atoms with van der Waals surface area (Å²) in [7, 11) is 2.86. The number of amides is 6. The third-order valence-electron chi connectivity index (χ3n) is 6.10. The number of hydrazine groups is 1. The first kappa shape index (κ1) is 34.1. The van der Waals surface area contributed by atoms with E-state index >= 15 is 0 Å². The SMILES string of the molecule is CC(C)[C@H](NC(=O)[C@H](C(C)C)N(C)C(=O)OCc1ccc(NC(=O)[C@@H](N)CCCNC(N)=O)cc1)C(=O)N(C)N. The highest BCUT2D eigenvalue weighted by Gasteiger charge is 2.34. The van der Waals surface area contributed by atoms with Gasteiger partial charge in [-0.2, -0.15) is 0 Å². The molecule has 9 N–H and O–H groups in total. The molecule has 0 radical (unpaired) electrons. The van der Waals surface area contributed by atoms with Gasteiger partial charge in [-0.05, 0) is 42.4 Å². The molecular weight excluding hydrogens is 520 g/mol. The fourth-order valence-corrected chi connectivity index (χ4v) is 3.84. The van der Waals surface area contributed by atoms with Crippen molar-refractivity contribution in [2.24, 2.45) is 29.1 Å². The van der Waals surface area contributed by atoms with Crippen molar-refractivity contribution in [1.82, 2.24) is 20.5 Å². The lowest BCUT2D eigenvalue weighted by Crippen LogP contribution is -2.58. The molecule has 40 heavy (non-hydrogen) atoms. The highest BCUT2D eigenvalue weighted by molar-refractivity contribution is 5.94. The summed E-state index contributed by atoms with van der Waals surface area (Å²) in [5.41, 5.74) is 12.0. The van der Waals surface area contributed by atoms with Crippen LogP contribution in [0.25, 0.3) is 0 Å². The van der Waals surface area contributed by atoms with E-state index in [1.165, 1.54) is 19.0 Å². The zero-order valence-electron chi connectivity index (χ0n) is 24.1. The summed E-state index contributed by atoms with van der Waals surface area (Å²) in [6, 6.07) is 3.52. The van der Waals surface area contributed by atoms with Crippen LogP contribution in [0.2, 0.25) is 0 Å². The lowest BCUT2D eigenvalue weighted by molar-refractivity contribution is -0.138. The van der Waals surface area contributed by atoms with Gasteiger partial charge in [0.05, 0.1) is 6.04 Å². The summed E-state index contributed by atoms with van der Waals surface area (Å²) >= 11 is 0. The van der Waals surface area contributed by atoms with Crippen LogP contribution in [0.4, 0.5) is 15.3 Å². The van der Waals surface area contributed by atoms with Crippen LogP contribution in [-0.4, -0.2) is 78.5 Å². The van der Waals surface area contributed by atoms with E-state index in [4.69, 9.17) is 22.0 Å². The lowest BCUT2D eigenvalue weighted by Gasteiger charge is -2.32. The molecule has 0 heterocycles. The van der Waals surface area contributed by atoms with Crippen molar-refractivity contribution in [2.45, 2.75) is 65.3 Å². The number of likely N-dealkylation sites (N-methyl/N-ethyl adjacent to an activating group) is 2. The maximum atomic E-state index is 13.1. The van der Waals surface area contributed by atoms with E-state index in [1.54, 1.807) is 52.0 Å². The highest BCUT2D eigenvalue weighted by Crippen LogP contribution is 2.15. The molecule has 224 valence electrons. The van der Waals surface area contributed by atoms with E-state index in [9.17, 15) is 24.0 Å². The van der Waals surface area contributed by atoms with Gasteiger partial charge in [-0.1, -0.05) is 39.8 Å². The fraction of sp³-hybridized carbons (Fsp3) is 0.577. The van der Waals surface area contributed by atoms with Gasteiger partial charge in [0.15, 0.2) is 0 Å². The van der Waals surface area contributed by atoms with Gasteiger partial charge in [0.25, 0.3) is 5.91 Å². The molecule has 1 rings (SSSR count). The number of primary amides is 1. The third-order valence-corrected chi connectivity index (χ3v) is 6.10. The van der Waals surface area contributed by atoms with Crippen LogP contribution in [-0.2, 0) is 25.7 Å². The Balaban J connectivity index is 2.70. The smallest absolute Gasteiger partial charge is 0.410 e. The number of nitrogens with zero attached hydrogens (tertiary/aromatic N) is 2. The molecule has 0 saturated heterocycles. The van der Waals surface area contributed by atoms with Gasteiger partial charge in [0.1, 0.15) is 18.7 Å². The van der Waals surface area contributed by atoms with Crippen LogP contribution in [0.1, 0.15) is 46.1 Å². The molecule has 0 bridgehead atoms. The molecule has 6 amide bonds. The molecule has 0 aliphatic carbocycles. The van der Waals surface area contributed by atoms with Crippen molar-refractivity contribution < 1.29 is 28.7 Å². The Hall–Kier alpha value is -3.91. The molecule has 0 fully saturated rings. The van der Waals surface area contributed by atoms with Crippen LogP contribution < -0.4 is 33.3 Å². The number of benzene rings is 1. The Bertz CT molecular complexity index is 1010. The van der Waals surface area contributed by atoms with E-state index < -0.39 is 42.1 Å². The number of carbonyl (C=O) groups excluding carboxylic acids is 5. The molecule has 3 atom stereocenters. The summed E-state index contributed by atoms with van der Waals surface area (Å²) < 4.78 is 5.41. The van der Waals surface area contributed by atoms with Gasteiger partial charge < -0.3 is 32.2 Å². The number of urea groups is 1. The minimum absolute atomic E-state index is 0.0682.